The van der Waals surface area contributed by atoms with Crippen LogP contribution in [0.4, 0.5) is 0 Å². The maximum atomic E-state index is 13.0. The first-order valence-electron chi connectivity index (χ1n) is 9.93. The Kier molecular flexibility index (Phi) is 7.13. The predicted molar refractivity (Wildman–Crippen MR) is 131 cm³/mol. The Morgan fingerprint density at radius 1 is 1.06 bits per heavy atom. The molecule has 1 heterocycles. The molecule has 0 saturated carbocycles. The van der Waals surface area contributed by atoms with Crippen molar-refractivity contribution in [3.05, 3.63) is 105 Å². The van der Waals surface area contributed by atoms with Crippen molar-refractivity contribution in [3.63, 3.8) is 0 Å². The van der Waals surface area contributed by atoms with E-state index in [0.717, 1.165) is 27.8 Å². The minimum Gasteiger partial charge on any atom is -0.547 e. The largest absolute Gasteiger partial charge is 0.547 e. The molecule has 0 spiro atoms. The highest BCUT2D eigenvalue weighted by atomic mass is 35.5. The topological polar surface area (TPSA) is 69.7 Å². The van der Waals surface area contributed by atoms with Crippen molar-refractivity contribution in [1.82, 2.24) is 4.90 Å². The molecule has 1 aliphatic heterocycles. The molecule has 166 valence electrons. The standard InChI is InChI=1S/C25H18ClNO4S2/c26-20-9-5-4-8-18(20)15-31-19-12-10-16(11-13-19)14-21-23(28)27(25(32)33-21)22(24(29)30)17-6-2-1-3-7-17/h1-14,22H,15H2,(H,29,30)/p-1/b21-14-/t22-/m0/s1. The molecule has 0 aliphatic carbocycles. The SMILES string of the molecule is O=C([O-])[C@H](c1ccccc1)N1C(=O)/C(=C/c2ccc(OCc3ccccc3Cl)cc2)SC1=S. The number of hydrogen-bond acceptors (Lipinski definition) is 6. The summed E-state index contributed by atoms with van der Waals surface area (Å²) in [6.07, 6.45) is 1.68. The Balaban J connectivity index is 1.49. The second-order valence-corrected chi connectivity index (χ2v) is 9.22. The molecule has 1 fully saturated rings. The highest BCUT2D eigenvalue weighted by molar-refractivity contribution is 8.26. The van der Waals surface area contributed by atoms with E-state index in [4.69, 9.17) is 28.6 Å². The average molecular weight is 495 g/mol. The van der Waals surface area contributed by atoms with Gasteiger partial charge in [0.2, 0.25) is 0 Å². The Bertz CT molecular complexity index is 1230. The van der Waals surface area contributed by atoms with Crippen LogP contribution in [0.15, 0.2) is 83.8 Å². The number of thioether (sulfide) groups is 1. The summed E-state index contributed by atoms with van der Waals surface area (Å²) in [5.41, 5.74) is 2.06. The van der Waals surface area contributed by atoms with Crippen LogP contribution in [0.25, 0.3) is 6.08 Å². The fourth-order valence-electron chi connectivity index (χ4n) is 3.32. The first-order chi connectivity index (χ1) is 15.9. The number of ether oxygens (including phenoxy) is 1. The summed E-state index contributed by atoms with van der Waals surface area (Å²) in [6, 6.07) is 21.8. The van der Waals surface area contributed by atoms with Crippen LogP contribution < -0.4 is 9.84 Å². The Labute approximate surface area is 205 Å². The lowest BCUT2D eigenvalue weighted by atomic mass is 10.1. The molecule has 33 heavy (non-hydrogen) atoms. The van der Waals surface area contributed by atoms with Gasteiger partial charge in [-0.2, -0.15) is 0 Å². The molecule has 3 aromatic carbocycles. The van der Waals surface area contributed by atoms with Gasteiger partial charge in [-0.1, -0.05) is 96.2 Å². The van der Waals surface area contributed by atoms with Gasteiger partial charge in [0.15, 0.2) is 0 Å². The van der Waals surface area contributed by atoms with Gasteiger partial charge in [-0.05, 0) is 35.4 Å². The van der Waals surface area contributed by atoms with Crippen LogP contribution in [0, 0.1) is 0 Å². The third-order valence-electron chi connectivity index (χ3n) is 4.95. The zero-order valence-electron chi connectivity index (χ0n) is 17.1. The lowest BCUT2D eigenvalue weighted by molar-refractivity contribution is -0.310. The molecular weight excluding hydrogens is 478 g/mol. The molecule has 8 heteroatoms. The number of carbonyl (C=O) groups excluding carboxylic acids is 2. The van der Waals surface area contributed by atoms with E-state index in [1.165, 1.54) is 0 Å². The van der Waals surface area contributed by atoms with Crippen molar-refractivity contribution < 1.29 is 19.4 Å². The fourth-order valence-corrected chi connectivity index (χ4v) is 4.82. The van der Waals surface area contributed by atoms with Gasteiger partial charge >= 0.3 is 0 Å². The summed E-state index contributed by atoms with van der Waals surface area (Å²) < 4.78 is 5.95. The van der Waals surface area contributed by atoms with E-state index in [9.17, 15) is 14.7 Å². The molecule has 1 aliphatic rings. The van der Waals surface area contributed by atoms with Crippen molar-refractivity contribution in [2.24, 2.45) is 0 Å². The van der Waals surface area contributed by atoms with E-state index >= 15 is 0 Å². The summed E-state index contributed by atoms with van der Waals surface area (Å²) in [5.74, 6) is -1.21. The van der Waals surface area contributed by atoms with Gasteiger partial charge < -0.3 is 14.6 Å². The van der Waals surface area contributed by atoms with Crippen LogP contribution >= 0.6 is 35.6 Å². The summed E-state index contributed by atoms with van der Waals surface area (Å²) in [4.78, 5) is 26.3. The van der Waals surface area contributed by atoms with Crippen molar-refractivity contribution in [3.8, 4) is 5.75 Å². The number of amides is 1. The van der Waals surface area contributed by atoms with Gasteiger partial charge in [0.05, 0.1) is 10.9 Å². The fraction of sp³-hybridized carbons (Fsp3) is 0.0800. The summed E-state index contributed by atoms with van der Waals surface area (Å²) in [5, 5.41) is 12.5. The Morgan fingerprint density at radius 2 is 1.73 bits per heavy atom. The summed E-state index contributed by atoms with van der Waals surface area (Å²) >= 11 is 12.5. The van der Waals surface area contributed by atoms with Crippen molar-refractivity contribution >= 4 is 57.9 Å². The van der Waals surface area contributed by atoms with Crippen LogP contribution in [0.3, 0.4) is 0 Å². The number of thiocarbonyl (C=S) groups is 1. The number of rotatable bonds is 7. The molecular formula is C25H17ClNO4S2-. The molecule has 0 bridgehead atoms. The van der Waals surface area contributed by atoms with Gasteiger partial charge in [0.1, 0.15) is 22.7 Å². The van der Waals surface area contributed by atoms with Gasteiger partial charge in [-0.25, -0.2) is 0 Å². The molecule has 0 aromatic heterocycles. The van der Waals surface area contributed by atoms with E-state index in [1.54, 1.807) is 48.5 Å². The molecule has 0 unspecified atom stereocenters. The number of nitrogens with zero attached hydrogens (tertiary/aromatic N) is 1. The molecule has 1 amide bonds. The number of hydrogen-bond donors (Lipinski definition) is 0. The van der Waals surface area contributed by atoms with E-state index in [0.29, 0.717) is 27.8 Å². The third-order valence-corrected chi connectivity index (χ3v) is 6.65. The van der Waals surface area contributed by atoms with E-state index in [1.807, 2.05) is 36.4 Å². The zero-order chi connectivity index (χ0) is 23.4. The van der Waals surface area contributed by atoms with Crippen LogP contribution in [-0.2, 0) is 16.2 Å². The maximum absolute atomic E-state index is 13.0. The smallest absolute Gasteiger partial charge is 0.267 e. The molecule has 1 saturated heterocycles. The molecule has 5 nitrogen and oxygen atoms in total. The molecule has 0 N–H and O–H groups in total. The van der Waals surface area contributed by atoms with Crippen LogP contribution in [0.1, 0.15) is 22.7 Å². The Hall–Kier alpha value is -3.13. The first-order valence-corrected chi connectivity index (χ1v) is 11.5. The van der Waals surface area contributed by atoms with E-state index in [-0.39, 0.29) is 4.32 Å². The lowest BCUT2D eigenvalue weighted by Gasteiger charge is -2.27. The zero-order valence-corrected chi connectivity index (χ0v) is 19.5. The second kappa shape index (κ2) is 10.2. The van der Waals surface area contributed by atoms with E-state index in [2.05, 4.69) is 0 Å². The minimum atomic E-state index is -1.39. The normalized spacial score (nSPS) is 15.7. The lowest BCUT2D eigenvalue weighted by Crippen LogP contribution is -2.43. The van der Waals surface area contributed by atoms with E-state index < -0.39 is 17.9 Å². The van der Waals surface area contributed by atoms with Gasteiger partial charge in [0, 0.05) is 10.6 Å². The number of halogens is 1. The average Bonchev–Trinajstić information content (AvgIpc) is 3.08. The first kappa shape index (κ1) is 23.0. The number of carboxylic acid groups (broad SMARTS) is 1. The Morgan fingerprint density at radius 3 is 2.39 bits per heavy atom. The van der Waals surface area contributed by atoms with Crippen molar-refractivity contribution in [2.75, 3.05) is 0 Å². The van der Waals surface area contributed by atoms with Crippen molar-refractivity contribution in [1.29, 1.82) is 0 Å². The highest BCUT2D eigenvalue weighted by Gasteiger charge is 2.38. The molecule has 1 atom stereocenters. The van der Waals surface area contributed by atoms with Gasteiger partial charge in [0.25, 0.3) is 5.91 Å². The summed E-state index contributed by atoms with van der Waals surface area (Å²) in [7, 11) is 0. The van der Waals surface area contributed by atoms with Crippen molar-refractivity contribution in [2.45, 2.75) is 12.6 Å². The van der Waals surface area contributed by atoms with Crippen LogP contribution in [0.2, 0.25) is 5.02 Å². The minimum absolute atomic E-state index is 0.170. The molecule has 3 aromatic rings. The third kappa shape index (κ3) is 5.27. The second-order valence-electron chi connectivity index (χ2n) is 7.13. The van der Waals surface area contributed by atoms with Gasteiger partial charge in [-0.3, -0.25) is 9.69 Å². The highest BCUT2D eigenvalue weighted by Crippen LogP contribution is 2.38. The number of aliphatic carboxylic acids is 1. The maximum Gasteiger partial charge on any atom is 0.267 e. The summed E-state index contributed by atoms with van der Waals surface area (Å²) in [6.45, 7) is 0.335. The van der Waals surface area contributed by atoms with Crippen LogP contribution in [-0.4, -0.2) is 21.1 Å². The van der Waals surface area contributed by atoms with Gasteiger partial charge in [-0.15, -0.1) is 0 Å². The predicted octanol–water partition coefficient (Wildman–Crippen LogP) is 4.61. The quantitative estimate of drug-likeness (QED) is 0.353. The number of benzene rings is 3. The number of carbonyl (C=O) groups is 2. The molecule has 0 radical (unpaired) electrons. The van der Waals surface area contributed by atoms with Crippen LogP contribution in [0.5, 0.6) is 5.75 Å². The monoisotopic (exact) mass is 494 g/mol. The molecule has 4 rings (SSSR count). The number of carboxylic acids is 1.